The van der Waals surface area contributed by atoms with Crippen LogP contribution >= 0.6 is 11.6 Å². The highest BCUT2D eigenvalue weighted by Gasteiger charge is 2.05. The van der Waals surface area contributed by atoms with Gasteiger partial charge in [0.1, 0.15) is 12.1 Å². The molecule has 4 nitrogen and oxygen atoms in total. The Bertz CT molecular complexity index is 320. The van der Waals surface area contributed by atoms with Gasteiger partial charge < -0.3 is 10.1 Å². The van der Waals surface area contributed by atoms with Gasteiger partial charge in [0.2, 0.25) is 5.88 Å². The molecule has 5 heteroatoms. The van der Waals surface area contributed by atoms with Gasteiger partial charge in [-0.25, -0.2) is 9.97 Å². The lowest BCUT2D eigenvalue weighted by molar-refractivity contribution is 0.232. The summed E-state index contributed by atoms with van der Waals surface area (Å²) < 4.78 is 5.48. The molecule has 1 atom stereocenters. The largest absolute Gasteiger partial charge is 0.475 e. The topological polar surface area (TPSA) is 47.0 Å². The Balaban J connectivity index is 2.59. The zero-order chi connectivity index (χ0) is 12.0. The minimum absolute atomic E-state index is 0.114. The van der Waals surface area contributed by atoms with Gasteiger partial charge in [-0.2, -0.15) is 0 Å². The summed E-state index contributed by atoms with van der Waals surface area (Å²) in [4.78, 5) is 8.16. The van der Waals surface area contributed by atoms with E-state index in [9.17, 15) is 0 Å². The Kier molecular flexibility index (Phi) is 5.32. The molecule has 0 aliphatic heterocycles. The van der Waals surface area contributed by atoms with Crippen molar-refractivity contribution in [1.29, 1.82) is 0 Å². The Morgan fingerprint density at radius 1 is 1.38 bits per heavy atom. The Hall–Kier alpha value is -1.03. The van der Waals surface area contributed by atoms with Gasteiger partial charge in [0.15, 0.2) is 0 Å². The number of hydrogen-bond acceptors (Lipinski definition) is 4. The highest BCUT2D eigenvalue weighted by atomic mass is 35.5. The average Bonchev–Trinajstić information content (AvgIpc) is 2.17. The van der Waals surface area contributed by atoms with E-state index in [1.165, 1.54) is 6.33 Å². The molecule has 90 valence electrons. The molecule has 0 spiro atoms. The van der Waals surface area contributed by atoms with Crippen LogP contribution in [0.2, 0.25) is 0 Å². The van der Waals surface area contributed by atoms with E-state index >= 15 is 0 Å². The third kappa shape index (κ3) is 4.66. The van der Waals surface area contributed by atoms with E-state index in [0.717, 1.165) is 12.2 Å². The van der Waals surface area contributed by atoms with Crippen molar-refractivity contribution < 1.29 is 4.74 Å². The van der Waals surface area contributed by atoms with Crippen molar-refractivity contribution in [2.75, 3.05) is 11.2 Å². The Labute approximate surface area is 101 Å². The molecule has 1 rings (SSSR count). The van der Waals surface area contributed by atoms with Crippen LogP contribution in [0.25, 0.3) is 0 Å². The molecule has 0 saturated heterocycles. The highest BCUT2D eigenvalue weighted by molar-refractivity contribution is 6.17. The normalized spacial score (nSPS) is 12.6. The first-order valence-corrected chi connectivity index (χ1v) is 5.96. The summed E-state index contributed by atoms with van der Waals surface area (Å²) >= 11 is 5.67. The molecule has 0 radical (unpaired) electrons. The molecule has 0 bridgehead atoms. The minimum Gasteiger partial charge on any atom is -0.475 e. The van der Waals surface area contributed by atoms with Crippen molar-refractivity contribution in [3.63, 3.8) is 0 Å². The second kappa shape index (κ2) is 6.53. The molecule has 16 heavy (non-hydrogen) atoms. The molecule has 0 amide bonds. The fourth-order valence-corrected chi connectivity index (χ4v) is 1.54. The maximum Gasteiger partial charge on any atom is 0.218 e. The molecule has 1 aromatic heterocycles. The van der Waals surface area contributed by atoms with E-state index in [2.05, 4.69) is 22.2 Å². The van der Waals surface area contributed by atoms with E-state index in [4.69, 9.17) is 16.3 Å². The molecular formula is C11H18ClN3O. The fraction of sp³-hybridized carbons (Fsp3) is 0.636. The number of nitrogens with one attached hydrogen (secondary N) is 1. The molecule has 1 N–H and O–H groups in total. The van der Waals surface area contributed by atoms with Gasteiger partial charge in [-0.15, -0.1) is 11.6 Å². The van der Waals surface area contributed by atoms with Crippen molar-refractivity contribution in [3.8, 4) is 5.88 Å². The minimum atomic E-state index is 0.114. The zero-order valence-electron chi connectivity index (χ0n) is 9.90. The van der Waals surface area contributed by atoms with Gasteiger partial charge in [0, 0.05) is 18.0 Å². The fourth-order valence-electron chi connectivity index (χ4n) is 1.21. The van der Waals surface area contributed by atoms with Crippen molar-refractivity contribution in [3.05, 3.63) is 12.4 Å². The summed E-state index contributed by atoms with van der Waals surface area (Å²) in [7, 11) is 0. The number of ether oxygens (including phenoxy) is 1. The standard InChI is InChI=1S/C11H18ClN3O/c1-8(2)16-11-6-10(13-7-14-11)15-9(3)4-5-12/h6-9H,4-5H2,1-3H3,(H,13,14,15). The summed E-state index contributed by atoms with van der Waals surface area (Å²) in [5.41, 5.74) is 0. The summed E-state index contributed by atoms with van der Waals surface area (Å²) in [6, 6.07) is 2.09. The molecule has 0 fully saturated rings. The van der Waals surface area contributed by atoms with Crippen LogP contribution in [0.5, 0.6) is 5.88 Å². The quantitative estimate of drug-likeness (QED) is 0.781. The van der Waals surface area contributed by atoms with Crippen LogP contribution in [-0.2, 0) is 0 Å². The third-order valence-electron chi connectivity index (χ3n) is 1.93. The number of alkyl halides is 1. The van der Waals surface area contributed by atoms with Crippen LogP contribution in [-0.4, -0.2) is 28.0 Å². The van der Waals surface area contributed by atoms with Crippen LogP contribution in [0.4, 0.5) is 5.82 Å². The van der Waals surface area contributed by atoms with Crippen molar-refractivity contribution in [2.45, 2.75) is 39.3 Å². The van der Waals surface area contributed by atoms with Gasteiger partial charge in [0.05, 0.1) is 6.10 Å². The van der Waals surface area contributed by atoms with E-state index in [0.29, 0.717) is 17.8 Å². The molecule has 0 aliphatic rings. The van der Waals surface area contributed by atoms with Gasteiger partial charge in [-0.3, -0.25) is 0 Å². The number of halogens is 1. The summed E-state index contributed by atoms with van der Waals surface area (Å²) in [6.45, 7) is 5.99. The van der Waals surface area contributed by atoms with E-state index in [-0.39, 0.29) is 6.10 Å². The van der Waals surface area contributed by atoms with Crippen molar-refractivity contribution in [2.24, 2.45) is 0 Å². The van der Waals surface area contributed by atoms with Crippen LogP contribution in [0.1, 0.15) is 27.2 Å². The second-order valence-corrected chi connectivity index (χ2v) is 4.31. The van der Waals surface area contributed by atoms with Crippen LogP contribution in [0.3, 0.4) is 0 Å². The lowest BCUT2D eigenvalue weighted by atomic mass is 10.2. The third-order valence-corrected chi connectivity index (χ3v) is 2.15. The van der Waals surface area contributed by atoms with Gasteiger partial charge in [-0.05, 0) is 27.2 Å². The monoisotopic (exact) mass is 243 g/mol. The zero-order valence-corrected chi connectivity index (χ0v) is 10.7. The molecule has 0 aromatic carbocycles. The number of anilines is 1. The van der Waals surface area contributed by atoms with E-state index in [1.54, 1.807) is 6.07 Å². The first kappa shape index (κ1) is 13.0. The summed E-state index contributed by atoms with van der Waals surface area (Å²) in [6.07, 6.45) is 2.50. The predicted octanol–water partition coefficient (Wildman–Crippen LogP) is 2.69. The molecular weight excluding hydrogens is 226 g/mol. The smallest absolute Gasteiger partial charge is 0.218 e. The number of aromatic nitrogens is 2. The first-order valence-electron chi connectivity index (χ1n) is 5.43. The SMILES string of the molecule is CC(CCCl)Nc1cc(OC(C)C)ncn1. The highest BCUT2D eigenvalue weighted by Crippen LogP contribution is 2.14. The lowest BCUT2D eigenvalue weighted by Gasteiger charge is -2.14. The number of rotatable bonds is 6. The molecule has 0 saturated carbocycles. The van der Waals surface area contributed by atoms with Gasteiger partial charge >= 0.3 is 0 Å². The van der Waals surface area contributed by atoms with Crippen LogP contribution in [0, 0.1) is 0 Å². The Morgan fingerprint density at radius 2 is 2.12 bits per heavy atom. The molecule has 1 heterocycles. The summed E-state index contributed by atoms with van der Waals surface area (Å²) in [5, 5.41) is 3.24. The predicted molar refractivity (Wildman–Crippen MR) is 66.2 cm³/mol. The second-order valence-electron chi connectivity index (χ2n) is 3.93. The van der Waals surface area contributed by atoms with Crippen LogP contribution < -0.4 is 10.1 Å². The van der Waals surface area contributed by atoms with Crippen molar-refractivity contribution in [1.82, 2.24) is 9.97 Å². The first-order chi connectivity index (χ1) is 7.61. The van der Waals surface area contributed by atoms with Gasteiger partial charge in [0.25, 0.3) is 0 Å². The molecule has 1 unspecified atom stereocenters. The van der Waals surface area contributed by atoms with Crippen LogP contribution in [0.15, 0.2) is 12.4 Å². The van der Waals surface area contributed by atoms with E-state index in [1.807, 2.05) is 13.8 Å². The van der Waals surface area contributed by atoms with Crippen molar-refractivity contribution >= 4 is 17.4 Å². The average molecular weight is 244 g/mol. The van der Waals surface area contributed by atoms with Gasteiger partial charge in [-0.1, -0.05) is 0 Å². The summed E-state index contributed by atoms with van der Waals surface area (Å²) in [5.74, 6) is 1.99. The lowest BCUT2D eigenvalue weighted by Crippen LogP contribution is -2.17. The molecule has 1 aromatic rings. The van der Waals surface area contributed by atoms with E-state index < -0.39 is 0 Å². The number of nitrogens with zero attached hydrogens (tertiary/aromatic N) is 2. The maximum absolute atomic E-state index is 5.67. The Morgan fingerprint density at radius 3 is 2.75 bits per heavy atom. The maximum atomic E-state index is 5.67. The molecule has 0 aliphatic carbocycles. The number of hydrogen-bond donors (Lipinski definition) is 1.